The van der Waals surface area contributed by atoms with Gasteiger partial charge in [-0.05, 0) is 32.0 Å². The lowest BCUT2D eigenvalue weighted by molar-refractivity contribution is 0.465. The van der Waals surface area contributed by atoms with Crippen LogP contribution >= 0.6 is 0 Å². The van der Waals surface area contributed by atoms with Crippen LogP contribution in [0.2, 0.25) is 0 Å². The molecule has 1 heterocycles. The fourth-order valence-corrected chi connectivity index (χ4v) is 2.22. The molecule has 0 aliphatic carbocycles. The van der Waals surface area contributed by atoms with Gasteiger partial charge in [0, 0.05) is 24.5 Å². The summed E-state index contributed by atoms with van der Waals surface area (Å²) in [6, 6.07) is 7.08. The highest BCUT2D eigenvalue weighted by Crippen LogP contribution is 2.19. The molecule has 1 saturated heterocycles. The standard InChI is InChI=1S/C13H17FN4/c1-8-11(9(2)18-17-8)7-16-13-4-3-10(6-15)5-12(13)14/h3-5,8-9,11,16-18H,7H2,1-2H3. The molecule has 0 aromatic heterocycles. The molecule has 0 bridgehead atoms. The molecule has 1 aromatic carbocycles. The van der Waals surface area contributed by atoms with E-state index in [9.17, 15) is 4.39 Å². The van der Waals surface area contributed by atoms with E-state index in [1.807, 2.05) is 6.07 Å². The third-order valence-corrected chi connectivity index (χ3v) is 3.45. The van der Waals surface area contributed by atoms with Gasteiger partial charge >= 0.3 is 0 Å². The van der Waals surface area contributed by atoms with Crippen molar-refractivity contribution in [1.82, 2.24) is 10.9 Å². The largest absolute Gasteiger partial charge is 0.382 e. The summed E-state index contributed by atoms with van der Waals surface area (Å²) in [5.41, 5.74) is 7.11. The Hall–Kier alpha value is -1.64. The van der Waals surface area contributed by atoms with Crippen LogP contribution in [-0.2, 0) is 0 Å². The highest BCUT2D eigenvalue weighted by atomic mass is 19.1. The predicted molar refractivity (Wildman–Crippen MR) is 68.3 cm³/mol. The first-order valence-corrected chi connectivity index (χ1v) is 6.06. The van der Waals surface area contributed by atoms with Crippen LogP contribution in [0.15, 0.2) is 18.2 Å². The highest BCUT2D eigenvalue weighted by Gasteiger charge is 2.29. The van der Waals surface area contributed by atoms with Crippen molar-refractivity contribution in [2.45, 2.75) is 25.9 Å². The normalized spacial score (nSPS) is 26.9. The van der Waals surface area contributed by atoms with E-state index in [-0.39, 0.29) is 5.82 Å². The molecule has 2 rings (SSSR count). The Balaban J connectivity index is 2.00. The summed E-state index contributed by atoms with van der Waals surface area (Å²) in [7, 11) is 0. The molecule has 1 aliphatic rings. The summed E-state index contributed by atoms with van der Waals surface area (Å²) in [4.78, 5) is 0. The summed E-state index contributed by atoms with van der Waals surface area (Å²) in [6.45, 7) is 4.88. The van der Waals surface area contributed by atoms with Gasteiger partial charge in [-0.1, -0.05) is 0 Å². The Kier molecular flexibility index (Phi) is 3.80. The van der Waals surface area contributed by atoms with Crippen LogP contribution in [0.25, 0.3) is 0 Å². The van der Waals surface area contributed by atoms with E-state index >= 15 is 0 Å². The molecule has 1 aliphatic heterocycles. The van der Waals surface area contributed by atoms with Gasteiger partial charge in [0.05, 0.1) is 17.3 Å². The predicted octanol–water partition coefficient (Wildman–Crippen LogP) is 1.61. The minimum atomic E-state index is -0.381. The van der Waals surface area contributed by atoms with E-state index in [2.05, 4.69) is 30.0 Å². The van der Waals surface area contributed by atoms with Crippen molar-refractivity contribution in [1.29, 1.82) is 5.26 Å². The molecule has 2 atom stereocenters. The van der Waals surface area contributed by atoms with Crippen molar-refractivity contribution < 1.29 is 4.39 Å². The summed E-state index contributed by atoms with van der Waals surface area (Å²) in [5, 5.41) is 11.8. The van der Waals surface area contributed by atoms with Gasteiger partial charge in [-0.15, -0.1) is 0 Å². The summed E-state index contributed by atoms with van der Waals surface area (Å²) < 4.78 is 13.7. The maximum Gasteiger partial charge on any atom is 0.147 e. The van der Waals surface area contributed by atoms with Crippen molar-refractivity contribution >= 4 is 5.69 Å². The van der Waals surface area contributed by atoms with Crippen LogP contribution in [-0.4, -0.2) is 18.6 Å². The number of hydrazine groups is 1. The van der Waals surface area contributed by atoms with Crippen molar-refractivity contribution in [3.05, 3.63) is 29.6 Å². The lowest BCUT2D eigenvalue weighted by Crippen LogP contribution is -2.30. The maximum atomic E-state index is 13.7. The number of benzene rings is 1. The second kappa shape index (κ2) is 5.34. The smallest absolute Gasteiger partial charge is 0.147 e. The number of nitriles is 1. The zero-order valence-corrected chi connectivity index (χ0v) is 10.5. The summed E-state index contributed by atoms with van der Waals surface area (Å²) in [6.07, 6.45) is 0. The van der Waals surface area contributed by atoms with Gasteiger partial charge in [0.15, 0.2) is 0 Å². The Labute approximate surface area is 106 Å². The van der Waals surface area contributed by atoms with Crippen LogP contribution in [0.4, 0.5) is 10.1 Å². The molecule has 18 heavy (non-hydrogen) atoms. The lowest BCUT2D eigenvalue weighted by Gasteiger charge is -2.19. The van der Waals surface area contributed by atoms with E-state index in [0.717, 1.165) is 0 Å². The molecule has 1 aromatic rings. The zero-order valence-electron chi connectivity index (χ0n) is 10.5. The van der Waals surface area contributed by atoms with Gasteiger partial charge in [0.2, 0.25) is 0 Å². The Morgan fingerprint density at radius 3 is 2.56 bits per heavy atom. The molecule has 5 heteroatoms. The van der Waals surface area contributed by atoms with E-state index in [1.165, 1.54) is 6.07 Å². The monoisotopic (exact) mass is 248 g/mol. The molecule has 0 amide bonds. The van der Waals surface area contributed by atoms with Gasteiger partial charge in [0.25, 0.3) is 0 Å². The second-order valence-corrected chi connectivity index (χ2v) is 4.72. The molecule has 0 spiro atoms. The van der Waals surface area contributed by atoms with Gasteiger partial charge in [-0.25, -0.2) is 4.39 Å². The number of anilines is 1. The van der Waals surface area contributed by atoms with Gasteiger partial charge in [-0.2, -0.15) is 5.26 Å². The molecule has 3 N–H and O–H groups in total. The molecular formula is C13H17FN4. The van der Waals surface area contributed by atoms with Crippen LogP contribution in [0.1, 0.15) is 19.4 Å². The van der Waals surface area contributed by atoms with Crippen LogP contribution in [0.5, 0.6) is 0 Å². The van der Waals surface area contributed by atoms with E-state index in [0.29, 0.717) is 35.8 Å². The van der Waals surface area contributed by atoms with Crippen LogP contribution < -0.4 is 16.2 Å². The van der Waals surface area contributed by atoms with Crippen LogP contribution in [0.3, 0.4) is 0 Å². The maximum absolute atomic E-state index is 13.7. The van der Waals surface area contributed by atoms with Gasteiger partial charge in [-0.3, -0.25) is 10.9 Å². The molecule has 1 fully saturated rings. The molecule has 2 unspecified atom stereocenters. The lowest BCUT2D eigenvalue weighted by atomic mass is 9.96. The first-order valence-electron chi connectivity index (χ1n) is 6.06. The first-order chi connectivity index (χ1) is 8.61. The third-order valence-electron chi connectivity index (χ3n) is 3.45. The van der Waals surface area contributed by atoms with Crippen molar-refractivity contribution in [2.75, 3.05) is 11.9 Å². The molecule has 96 valence electrons. The van der Waals surface area contributed by atoms with Crippen molar-refractivity contribution in [3.8, 4) is 6.07 Å². The minimum Gasteiger partial charge on any atom is -0.382 e. The molecule has 0 saturated carbocycles. The summed E-state index contributed by atoms with van der Waals surface area (Å²) in [5.74, 6) is 0.00770. The number of nitrogens with zero attached hydrogens (tertiary/aromatic N) is 1. The highest BCUT2D eigenvalue weighted by molar-refractivity contribution is 5.48. The Bertz CT molecular complexity index is 459. The fraction of sp³-hybridized carbons (Fsp3) is 0.462. The topological polar surface area (TPSA) is 59.9 Å². The number of rotatable bonds is 3. The zero-order chi connectivity index (χ0) is 13.1. The first kappa shape index (κ1) is 12.8. The molecule has 4 nitrogen and oxygen atoms in total. The molecule has 0 radical (unpaired) electrons. The average molecular weight is 248 g/mol. The number of hydrogen-bond acceptors (Lipinski definition) is 4. The quantitative estimate of drug-likeness (QED) is 0.760. The van der Waals surface area contributed by atoms with E-state index in [4.69, 9.17) is 5.26 Å². The SMILES string of the molecule is CC1NNC(C)C1CNc1ccc(C#N)cc1F. The number of nitrogens with one attached hydrogen (secondary N) is 3. The van der Waals surface area contributed by atoms with Crippen molar-refractivity contribution in [2.24, 2.45) is 5.92 Å². The average Bonchev–Trinajstić information content (AvgIpc) is 2.68. The number of halogens is 1. The Morgan fingerprint density at radius 1 is 1.33 bits per heavy atom. The van der Waals surface area contributed by atoms with Gasteiger partial charge in [0.1, 0.15) is 5.82 Å². The summed E-state index contributed by atoms with van der Waals surface area (Å²) >= 11 is 0. The number of hydrogen-bond donors (Lipinski definition) is 3. The molecular weight excluding hydrogens is 231 g/mol. The van der Waals surface area contributed by atoms with E-state index in [1.54, 1.807) is 12.1 Å². The fourth-order valence-electron chi connectivity index (χ4n) is 2.22. The second-order valence-electron chi connectivity index (χ2n) is 4.72. The third kappa shape index (κ3) is 2.61. The Morgan fingerprint density at radius 2 is 2.00 bits per heavy atom. The van der Waals surface area contributed by atoms with Crippen LogP contribution in [0, 0.1) is 23.1 Å². The minimum absolute atomic E-state index is 0.337. The van der Waals surface area contributed by atoms with Gasteiger partial charge < -0.3 is 5.32 Å². The van der Waals surface area contributed by atoms with E-state index < -0.39 is 0 Å². The van der Waals surface area contributed by atoms with Crippen molar-refractivity contribution in [3.63, 3.8) is 0 Å².